The summed E-state index contributed by atoms with van der Waals surface area (Å²) in [5, 5.41) is 18.8. The molecule has 30 heavy (non-hydrogen) atoms. The monoisotopic (exact) mass is 401 g/mol. The molecule has 1 N–H and O–H groups in total. The third kappa shape index (κ3) is 4.02. The van der Waals surface area contributed by atoms with Crippen LogP contribution >= 0.6 is 0 Å². The third-order valence-electron chi connectivity index (χ3n) is 4.71. The molecule has 4 rings (SSSR count). The molecule has 0 radical (unpaired) electrons. The first-order chi connectivity index (χ1) is 14.5. The number of aromatic nitrogens is 3. The molecule has 0 saturated heterocycles. The van der Waals surface area contributed by atoms with E-state index in [-0.39, 0.29) is 17.6 Å². The second kappa shape index (κ2) is 8.12. The number of nitro benzene ring substituents is 1. The molecule has 8 heteroatoms. The molecule has 0 unspecified atom stereocenters. The number of aryl methyl sites for hydroxylation is 1. The van der Waals surface area contributed by atoms with Gasteiger partial charge in [0.2, 0.25) is 5.82 Å². The number of pyridine rings is 1. The second-order valence-corrected chi connectivity index (χ2v) is 6.90. The molecule has 0 spiro atoms. The molecule has 0 aliphatic carbocycles. The van der Waals surface area contributed by atoms with E-state index in [1.54, 1.807) is 30.5 Å². The number of anilines is 1. The Hall–Kier alpha value is -4.07. The summed E-state index contributed by atoms with van der Waals surface area (Å²) in [6, 6.07) is 18.1. The fraction of sp³-hybridized carbons (Fsp3) is 0.136. The number of rotatable bonds is 6. The average molecular weight is 401 g/mol. The number of hydrogen-bond donors (Lipinski definition) is 1. The Morgan fingerprint density at radius 1 is 1.10 bits per heavy atom. The minimum Gasteiger partial charge on any atom is -0.373 e. The largest absolute Gasteiger partial charge is 0.373 e. The van der Waals surface area contributed by atoms with Crippen molar-refractivity contribution in [2.75, 3.05) is 5.32 Å². The summed E-state index contributed by atoms with van der Waals surface area (Å²) in [7, 11) is 0. The van der Waals surface area contributed by atoms with Crippen LogP contribution in [-0.2, 0) is 0 Å². The summed E-state index contributed by atoms with van der Waals surface area (Å²) in [4.78, 5) is 19.8. The zero-order chi connectivity index (χ0) is 21.1. The summed E-state index contributed by atoms with van der Waals surface area (Å²) < 4.78 is 5.30. The summed E-state index contributed by atoms with van der Waals surface area (Å²) in [5.74, 6) is 0.514. The van der Waals surface area contributed by atoms with Gasteiger partial charge in [-0.1, -0.05) is 41.1 Å². The van der Waals surface area contributed by atoms with Crippen LogP contribution in [0.4, 0.5) is 11.4 Å². The Labute approximate surface area is 172 Å². The van der Waals surface area contributed by atoms with Gasteiger partial charge in [-0.2, -0.15) is 4.98 Å². The van der Waals surface area contributed by atoms with Crippen molar-refractivity contribution < 1.29 is 9.45 Å². The lowest BCUT2D eigenvalue weighted by Crippen LogP contribution is -2.08. The standard InChI is InChI=1S/C22H19N5O3/c1-14-6-8-16(9-7-14)15(2)24-18-11-10-17(13-20(18)27(28)29)22-25-21(26-30-22)19-5-3-4-12-23-19/h3-13,15,24H,1-2H3/t15-/m0/s1. The summed E-state index contributed by atoms with van der Waals surface area (Å²) in [6.07, 6.45) is 1.63. The smallest absolute Gasteiger partial charge is 0.293 e. The number of nitro groups is 1. The normalized spacial score (nSPS) is 11.8. The van der Waals surface area contributed by atoms with E-state index in [1.165, 1.54) is 6.07 Å². The molecule has 0 aliphatic rings. The Kier molecular flexibility index (Phi) is 5.21. The lowest BCUT2D eigenvalue weighted by molar-refractivity contribution is -0.383. The molecular formula is C22H19N5O3. The highest BCUT2D eigenvalue weighted by Crippen LogP contribution is 2.33. The van der Waals surface area contributed by atoms with E-state index in [9.17, 15) is 10.1 Å². The summed E-state index contributed by atoms with van der Waals surface area (Å²) in [6.45, 7) is 3.97. The van der Waals surface area contributed by atoms with Gasteiger partial charge in [0.25, 0.3) is 11.6 Å². The van der Waals surface area contributed by atoms with Gasteiger partial charge in [-0.25, -0.2) is 0 Å². The highest BCUT2D eigenvalue weighted by Gasteiger charge is 2.20. The molecule has 1 atom stereocenters. The summed E-state index contributed by atoms with van der Waals surface area (Å²) >= 11 is 0. The maximum atomic E-state index is 11.7. The number of hydrogen-bond acceptors (Lipinski definition) is 7. The molecule has 2 heterocycles. The quantitative estimate of drug-likeness (QED) is 0.350. The van der Waals surface area contributed by atoms with Crippen LogP contribution in [0.3, 0.4) is 0 Å². The fourth-order valence-electron chi connectivity index (χ4n) is 3.05. The topological polar surface area (TPSA) is 107 Å². The molecule has 0 saturated carbocycles. The van der Waals surface area contributed by atoms with E-state index in [0.29, 0.717) is 22.8 Å². The molecule has 0 fully saturated rings. The summed E-state index contributed by atoms with van der Waals surface area (Å²) in [5.41, 5.74) is 3.57. The van der Waals surface area contributed by atoms with Crippen LogP contribution in [0.5, 0.6) is 0 Å². The highest BCUT2D eigenvalue weighted by atomic mass is 16.6. The van der Waals surface area contributed by atoms with Crippen LogP contribution in [0.25, 0.3) is 23.0 Å². The first-order valence-electron chi connectivity index (χ1n) is 9.38. The Balaban J connectivity index is 1.62. The van der Waals surface area contributed by atoms with Crippen molar-refractivity contribution in [2.45, 2.75) is 19.9 Å². The zero-order valence-corrected chi connectivity index (χ0v) is 16.4. The predicted octanol–water partition coefficient (Wildman–Crippen LogP) is 5.19. The van der Waals surface area contributed by atoms with E-state index in [4.69, 9.17) is 4.52 Å². The highest BCUT2D eigenvalue weighted by molar-refractivity contribution is 5.70. The Morgan fingerprint density at radius 3 is 2.60 bits per heavy atom. The van der Waals surface area contributed by atoms with E-state index >= 15 is 0 Å². The van der Waals surface area contributed by atoms with Gasteiger partial charge in [0.05, 0.1) is 4.92 Å². The minimum atomic E-state index is -0.427. The first kappa shape index (κ1) is 19.3. The van der Waals surface area contributed by atoms with E-state index in [1.807, 2.05) is 44.2 Å². The molecule has 0 bridgehead atoms. The van der Waals surface area contributed by atoms with Gasteiger partial charge in [0, 0.05) is 23.9 Å². The van der Waals surface area contributed by atoms with Crippen molar-refractivity contribution in [2.24, 2.45) is 0 Å². The molecule has 0 aliphatic heterocycles. The predicted molar refractivity (Wildman–Crippen MR) is 113 cm³/mol. The lowest BCUT2D eigenvalue weighted by atomic mass is 10.1. The first-order valence-corrected chi connectivity index (χ1v) is 9.38. The van der Waals surface area contributed by atoms with Crippen LogP contribution in [0.2, 0.25) is 0 Å². The molecular weight excluding hydrogens is 382 g/mol. The number of nitrogens with one attached hydrogen (secondary N) is 1. The second-order valence-electron chi connectivity index (χ2n) is 6.90. The van der Waals surface area contributed by atoms with Crippen molar-refractivity contribution in [3.8, 4) is 23.0 Å². The van der Waals surface area contributed by atoms with Gasteiger partial charge < -0.3 is 9.84 Å². The van der Waals surface area contributed by atoms with Gasteiger partial charge in [0.15, 0.2) is 0 Å². The van der Waals surface area contributed by atoms with E-state index in [0.717, 1.165) is 11.1 Å². The molecule has 0 amide bonds. The molecule has 150 valence electrons. The van der Waals surface area contributed by atoms with Gasteiger partial charge in [-0.3, -0.25) is 15.1 Å². The van der Waals surface area contributed by atoms with Gasteiger partial charge in [0.1, 0.15) is 11.4 Å². The zero-order valence-electron chi connectivity index (χ0n) is 16.4. The van der Waals surface area contributed by atoms with Crippen LogP contribution in [0.15, 0.2) is 71.4 Å². The number of nitrogens with zero attached hydrogens (tertiary/aromatic N) is 4. The van der Waals surface area contributed by atoms with Gasteiger partial charge in [-0.15, -0.1) is 0 Å². The van der Waals surface area contributed by atoms with Crippen molar-refractivity contribution in [3.05, 3.63) is 88.1 Å². The van der Waals surface area contributed by atoms with Crippen molar-refractivity contribution in [1.29, 1.82) is 0 Å². The molecule has 2 aromatic carbocycles. The fourth-order valence-corrected chi connectivity index (χ4v) is 3.05. The van der Waals surface area contributed by atoms with Gasteiger partial charge in [-0.05, 0) is 43.7 Å². The maximum Gasteiger partial charge on any atom is 0.293 e. The SMILES string of the molecule is Cc1ccc([C@H](C)Nc2ccc(-c3nc(-c4ccccn4)no3)cc2[N+](=O)[O-])cc1. The van der Waals surface area contributed by atoms with Crippen molar-refractivity contribution >= 4 is 11.4 Å². The van der Waals surface area contributed by atoms with E-state index in [2.05, 4.69) is 20.4 Å². The molecule has 2 aromatic heterocycles. The van der Waals surface area contributed by atoms with Crippen molar-refractivity contribution in [3.63, 3.8) is 0 Å². The average Bonchev–Trinajstić information content (AvgIpc) is 3.25. The Morgan fingerprint density at radius 2 is 1.90 bits per heavy atom. The molecule has 8 nitrogen and oxygen atoms in total. The number of benzene rings is 2. The third-order valence-corrected chi connectivity index (χ3v) is 4.71. The van der Waals surface area contributed by atoms with Crippen molar-refractivity contribution in [1.82, 2.24) is 15.1 Å². The lowest BCUT2D eigenvalue weighted by Gasteiger charge is -2.16. The molecule has 4 aromatic rings. The van der Waals surface area contributed by atoms with Crippen LogP contribution < -0.4 is 5.32 Å². The van der Waals surface area contributed by atoms with E-state index < -0.39 is 4.92 Å². The van der Waals surface area contributed by atoms with Crippen LogP contribution in [-0.4, -0.2) is 20.0 Å². The maximum absolute atomic E-state index is 11.7. The van der Waals surface area contributed by atoms with Crippen LogP contribution in [0, 0.1) is 17.0 Å². The minimum absolute atomic E-state index is 0.0657. The van der Waals surface area contributed by atoms with Gasteiger partial charge >= 0.3 is 0 Å². The van der Waals surface area contributed by atoms with Crippen LogP contribution in [0.1, 0.15) is 24.1 Å². The Bertz CT molecular complexity index is 1170.